The summed E-state index contributed by atoms with van der Waals surface area (Å²) in [5, 5.41) is 81.9. The van der Waals surface area contributed by atoms with Gasteiger partial charge in [-0.3, -0.25) is 0 Å². The quantitative estimate of drug-likeness (QED) is 0.0862. The van der Waals surface area contributed by atoms with Crippen molar-refractivity contribution in [3.8, 4) is 23.0 Å². The van der Waals surface area contributed by atoms with Crippen LogP contribution in [0.15, 0.2) is 42.5 Å². The molecule has 0 spiro atoms. The third kappa shape index (κ3) is 8.40. The van der Waals surface area contributed by atoms with Gasteiger partial charge in [0.1, 0.15) is 49.3 Å². The molecule has 15 nitrogen and oxygen atoms in total. The van der Waals surface area contributed by atoms with Gasteiger partial charge in [0.05, 0.1) is 19.8 Å². The minimum atomic E-state index is -1.74. The number of rotatable bonds is 11. The Morgan fingerprint density at radius 1 is 0.844 bits per heavy atom. The molecule has 2 saturated heterocycles. The van der Waals surface area contributed by atoms with E-state index in [4.69, 9.17) is 28.4 Å². The first-order chi connectivity index (χ1) is 21.4. The second-order valence-electron chi connectivity index (χ2n) is 10.6. The Hall–Kier alpha value is -3.51. The lowest BCUT2D eigenvalue weighted by molar-refractivity contribution is -0.357. The fourth-order valence-electron chi connectivity index (χ4n) is 4.82. The van der Waals surface area contributed by atoms with E-state index >= 15 is 0 Å². The Balaban J connectivity index is 1.44. The van der Waals surface area contributed by atoms with E-state index in [1.54, 1.807) is 12.1 Å². The number of esters is 1. The molecule has 2 aliphatic rings. The maximum absolute atomic E-state index is 12.5. The second-order valence-corrected chi connectivity index (χ2v) is 10.6. The van der Waals surface area contributed by atoms with Gasteiger partial charge in [-0.1, -0.05) is 12.1 Å². The van der Waals surface area contributed by atoms with Gasteiger partial charge in [0.15, 0.2) is 35.6 Å². The number of aliphatic hydroxyl groups is 5. The van der Waals surface area contributed by atoms with Gasteiger partial charge >= 0.3 is 5.97 Å². The Morgan fingerprint density at radius 3 is 2.29 bits per heavy atom. The van der Waals surface area contributed by atoms with Crippen LogP contribution in [0.3, 0.4) is 0 Å². The molecule has 2 aromatic carbocycles. The molecule has 2 aliphatic heterocycles. The average molecular weight is 639 g/mol. The van der Waals surface area contributed by atoms with Gasteiger partial charge in [0.2, 0.25) is 0 Å². The molecular formula is C30H38O15. The third-order valence-electron chi connectivity index (χ3n) is 7.46. The van der Waals surface area contributed by atoms with Crippen molar-refractivity contribution in [2.24, 2.45) is 0 Å². The highest BCUT2D eigenvalue weighted by atomic mass is 16.7. The SMILES string of the molecule is COc1ccc(C=CC(=O)OCC2OC(OCCc3ccc(O)c(O)c3)C(O)C(OC3OC(C)C(O)C(O)C3O)C2O)cc1O. The van der Waals surface area contributed by atoms with E-state index in [-0.39, 0.29) is 36.0 Å². The molecule has 10 unspecified atom stereocenters. The van der Waals surface area contributed by atoms with Crippen LogP contribution in [0.1, 0.15) is 18.1 Å². The summed E-state index contributed by atoms with van der Waals surface area (Å²) in [6.07, 6.45) is -12.3. The number of methoxy groups -OCH3 is 1. The Bertz CT molecular complexity index is 1320. The zero-order valence-corrected chi connectivity index (χ0v) is 24.4. The summed E-state index contributed by atoms with van der Waals surface area (Å²) in [7, 11) is 1.40. The van der Waals surface area contributed by atoms with Crippen molar-refractivity contribution in [2.75, 3.05) is 20.3 Å². The van der Waals surface area contributed by atoms with E-state index in [0.717, 1.165) is 6.08 Å². The number of aromatic hydroxyl groups is 3. The van der Waals surface area contributed by atoms with Crippen molar-refractivity contribution >= 4 is 12.0 Å². The highest BCUT2D eigenvalue weighted by molar-refractivity contribution is 5.87. The van der Waals surface area contributed by atoms with Crippen LogP contribution in [0.25, 0.3) is 6.08 Å². The summed E-state index contributed by atoms with van der Waals surface area (Å²) in [6.45, 7) is 0.842. The molecule has 0 bridgehead atoms. The molecular weight excluding hydrogens is 600 g/mol. The van der Waals surface area contributed by atoms with Crippen LogP contribution < -0.4 is 4.74 Å². The van der Waals surface area contributed by atoms with Crippen molar-refractivity contribution in [1.29, 1.82) is 0 Å². The van der Waals surface area contributed by atoms with Gasteiger partial charge in [-0.2, -0.15) is 0 Å². The predicted octanol–water partition coefficient (Wildman–Crippen LogP) is -0.713. The third-order valence-corrected chi connectivity index (χ3v) is 7.46. The van der Waals surface area contributed by atoms with Gasteiger partial charge in [-0.25, -0.2) is 4.79 Å². The second kappa shape index (κ2) is 15.2. The van der Waals surface area contributed by atoms with Crippen LogP contribution in [0.5, 0.6) is 23.0 Å². The Morgan fingerprint density at radius 2 is 1.60 bits per heavy atom. The summed E-state index contributed by atoms with van der Waals surface area (Å²) in [4.78, 5) is 12.5. The molecule has 8 N–H and O–H groups in total. The highest BCUT2D eigenvalue weighted by Gasteiger charge is 2.50. The van der Waals surface area contributed by atoms with Crippen molar-refractivity contribution in [2.45, 2.75) is 74.8 Å². The molecule has 0 aliphatic carbocycles. The van der Waals surface area contributed by atoms with Gasteiger partial charge in [-0.15, -0.1) is 0 Å². The van der Waals surface area contributed by atoms with Crippen LogP contribution in [0.4, 0.5) is 0 Å². The molecule has 0 radical (unpaired) electrons. The van der Waals surface area contributed by atoms with Crippen molar-refractivity contribution in [1.82, 2.24) is 0 Å². The van der Waals surface area contributed by atoms with Crippen LogP contribution in [-0.2, 0) is 34.9 Å². The van der Waals surface area contributed by atoms with E-state index in [1.165, 1.54) is 44.4 Å². The number of aliphatic hydroxyl groups excluding tert-OH is 5. The van der Waals surface area contributed by atoms with Crippen molar-refractivity contribution < 1.29 is 74.1 Å². The van der Waals surface area contributed by atoms with Gasteiger partial charge < -0.3 is 69.3 Å². The lowest BCUT2D eigenvalue weighted by Gasteiger charge is -2.45. The molecule has 0 saturated carbocycles. The van der Waals surface area contributed by atoms with Crippen molar-refractivity contribution in [3.05, 3.63) is 53.6 Å². The van der Waals surface area contributed by atoms with E-state index in [2.05, 4.69) is 0 Å². The zero-order valence-electron chi connectivity index (χ0n) is 24.4. The Labute approximate surface area is 258 Å². The Kier molecular flexibility index (Phi) is 11.6. The zero-order chi connectivity index (χ0) is 32.8. The first-order valence-corrected chi connectivity index (χ1v) is 14.1. The summed E-state index contributed by atoms with van der Waals surface area (Å²) < 4.78 is 32.8. The standard InChI is InChI=1S/C30H38O15/c1-14-23(35)25(37)26(38)30(43-14)45-28-24(36)21(13-42-22(34)8-5-15-4-7-20(40-2)19(33)12-15)44-29(27(28)39)41-10-9-16-3-6-17(31)18(32)11-16/h3-8,11-12,14,21,23-33,35-39H,9-10,13H2,1-2H3. The maximum atomic E-state index is 12.5. The van der Waals surface area contributed by atoms with Gasteiger partial charge in [-0.05, 0) is 54.8 Å². The first kappa shape index (κ1) is 34.4. The molecule has 2 heterocycles. The molecule has 45 heavy (non-hydrogen) atoms. The average Bonchev–Trinajstić information content (AvgIpc) is 3.01. The number of hydrogen-bond acceptors (Lipinski definition) is 15. The molecule has 15 heteroatoms. The predicted molar refractivity (Wildman–Crippen MR) is 152 cm³/mol. The molecule has 248 valence electrons. The van der Waals surface area contributed by atoms with E-state index < -0.39 is 74.0 Å². The molecule has 0 amide bonds. The maximum Gasteiger partial charge on any atom is 0.330 e. The highest BCUT2D eigenvalue weighted by Crippen LogP contribution is 2.31. The number of hydrogen-bond donors (Lipinski definition) is 8. The summed E-state index contributed by atoms with van der Waals surface area (Å²) in [6, 6.07) is 8.67. The fraction of sp³-hybridized carbons (Fsp3) is 0.500. The van der Waals surface area contributed by atoms with Gasteiger partial charge in [0.25, 0.3) is 0 Å². The molecule has 2 aromatic rings. The topological polar surface area (TPSA) is 234 Å². The monoisotopic (exact) mass is 638 g/mol. The summed E-state index contributed by atoms with van der Waals surface area (Å²) in [5.41, 5.74) is 1.06. The van der Waals surface area contributed by atoms with E-state index in [0.29, 0.717) is 11.1 Å². The smallest absolute Gasteiger partial charge is 0.330 e. The normalized spacial score (nSPS) is 32.0. The van der Waals surface area contributed by atoms with E-state index in [9.17, 15) is 45.6 Å². The number of benzene rings is 2. The molecule has 2 fully saturated rings. The number of phenolic OH excluding ortho intramolecular Hbond substituents is 3. The van der Waals surface area contributed by atoms with Crippen LogP contribution in [0, 0.1) is 0 Å². The van der Waals surface area contributed by atoms with Crippen LogP contribution in [0.2, 0.25) is 0 Å². The number of carbonyl (C=O) groups excluding carboxylic acids is 1. The number of carbonyl (C=O) groups is 1. The lowest BCUT2D eigenvalue weighted by Crippen LogP contribution is -2.64. The number of phenols is 3. The van der Waals surface area contributed by atoms with Crippen molar-refractivity contribution in [3.63, 3.8) is 0 Å². The van der Waals surface area contributed by atoms with Crippen LogP contribution in [-0.4, -0.2) is 129 Å². The molecule has 0 aromatic heterocycles. The van der Waals surface area contributed by atoms with Crippen LogP contribution >= 0.6 is 0 Å². The van der Waals surface area contributed by atoms with Gasteiger partial charge in [0, 0.05) is 6.08 Å². The van der Waals surface area contributed by atoms with E-state index in [1.807, 2.05) is 0 Å². The summed E-state index contributed by atoms with van der Waals surface area (Å²) in [5.74, 6) is -1.33. The fourth-order valence-corrected chi connectivity index (χ4v) is 4.82. The minimum Gasteiger partial charge on any atom is -0.504 e. The lowest BCUT2D eigenvalue weighted by atomic mass is 9.97. The minimum absolute atomic E-state index is 0.0663. The molecule has 10 atom stereocenters. The largest absolute Gasteiger partial charge is 0.504 e. The number of ether oxygens (including phenoxy) is 6. The summed E-state index contributed by atoms with van der Waals surface area (Å²) >= 11 is 0. The first-order valence-electron chi connectivity index (χ1n) is 14.1. The molecule has 4 rings (SSSR count).